The molecule has 4 rings (SSSR count). The van der Waals surface area contributed by atoms with Gasteiger partial charge in [0.05, 0.1) is 19.1 Å². The maximum absolute atomic E-state index is 12.7. The van der Waals surface area contributed by atoms with Gasteiger partial charge < -0.3 is 14.2 Å². The Kier molecular flexibility index (Phi) is 6.65. The predicted octanol–water partition coefficient (Wildman–Crippen LogP) is 4.64. The van der Waals surface area contributed by atoms with Gasteiger partial charge in [0.25, 0.3) is 11.1 Å². The number of rotatable bonds is 7. The zero-order chi connectivity index (χ0) is 23.4. The van der Waals surface area contributed by atoms with E-state index in [-0.39, 0.29) is 11.5 Å². The summed E-state index contributed by atoms with van der Waals surface area (Å²) < 4.78 is 16.2. The number of benzene rings is 3. The Balaban J connectivity index is 1.63. The number of para-hydroxylation sites is 1. The van der Waals surface area contributed by atoms with Crippen LogP contribution in [0.25, 0.3) is 16.8 Å². The van der Waals surface area contributed by atoms with Crippen LogP contribution in [0.1, 0.15) is 11.1 Å². The van der Waals surface area contributed by atoms with Crippen molar-refractivity contribution in [2.45, 2.75) is 6.61 Å². The van der Waals surface area contributed by atoms with Crippen molar-refractivity contribution in [3.63, 3.8) is 0 Å². The van der Waals surface area contributed by atoms with E-state index in [1.54, 1.807) is 24.3 Å². The maximum atomic E-state index is 12.7. The van der Waals surface area contributed by atoms with Gasteiger partial charge in [-0.05, 0) is 40.2 Å². The van der Waals surface area contributed by atoms with E-state index in [0.29, 0.717) is 17.1 Å². The fourth-order valence-corrected chi connectivity index (χ4v) is 4.33. The van der Waals surface area contributed by atoms with Gasteiger partial charge in [0.2, 0.25) is 0 Å². The summed E-state index contributed by atoms with van der Waals surface area (Å²) >= 11 is 0.762. The lowest BCUT2D eigenvalue weighted by Crippen LogP contribution is -2.34. The first-order valence-corrected chi connectivity index (χ1v) is 10.9. The third-order valence-corrected chi connectivity index (χ3v) is 6.06. The molecular weight excluding hydrogens is 442 g/mol. The lowest BCUT2D eigenvalue weighted by atomic mass is 10.1. The summed E-state index contributed by atoms with van der Waals surface area (Å²) in [5.74, 6) is -0.275. The molecule has 8 heteroatoms. The van der Waals surface area contributed by atoms with Crippen molar-refractivity contribution in [2.24, 2.45) is 0 Å². The monoisotopic (exact) mass is 463 g/mol. The van der Waals surface area contributed by atoms with E-state index in [1.807, 2.05) is 42.5 Å². The number of ether oxygens (including phenoxy) is 3. The summed E-state index contributed by atoms with van der Waals surface area (Å²) in [5.41, 5.74) is 1.58. The highest BCUT2D eigenvalue weighted by atomic mass is 32.2. The largest absolute Gasteiger partial charge is 0.493 e. The molecule has 0 aromatic heterocycles. The number of carbonyl (C=O) groups excluding carboxylic acids is 3. The number of thioether (sulfide) groups is 1. The molecule has 3 aromatic carbocycles. The molecule has 2 amide bonds. The molecule has 0 radical (unpaired) electrons. The number of nitrogens with zero attached hydrogens (tertiary/aromatic N) is 1. The topological polar surface area (TPSA) is 82.1 Å². The van der Waals surface area contributed by atoms with Crippen LogP contribution in [0.5, 0.6) is 11.5 Å². The molecule has 0 bridgehead atoms. The highest BCUT2D eigenvalue weighted by molar-refractivity contribution is 8.18. The molecule has 3 aromatic rings. The van der Waals surface area contributed by atoms with Gasteiger partial charge in [-0.15, -0.1) is 0 Å². The average molecular weight is 464 g/mol. The minimum Gasteiger partial charge on any atom is -0.493 e. The summed E-state index contributed by atoms with van der Waals surface area (Å²) in [6, 6.07) is 19.4. The molecule has 1 heterocycles. The average Bonchev–Trinajstić information content (AvgIpc) is 3.10. The number of esters is 1. The van der Waals surface area contributed by atoms with Crippen molar-refractivity contribution in [1.29, 1.82) is 0 Å². The summed E-state index contributed by atoms with van der Waals surface area (Å²) in [6.45, 7) is -0.145. The van der Waals surface area contributed by atoms with Gasteiger partial charge >= 0.3 is 5.97 Å². The zero-order valence-electron chi connectivity index (χ0n) is 18.1. The second kappa shape index (κ2) is 9.79. The van der Waals surface area contributed by atoms with E-state index in [1.165, 1.54) is 14.2 Å². The molecule has 0 saturated carbocycles. The van der Waals surface area contributed by atoms with Crippen LogP contribution in [0.4, 0.5) is 4.79 Å². The van der Waals surface area contributed by atoms with Crippen LogP contribution in [0, 0.1) is 0 Å². The minimum atomic E-state index is -0.668. The standard InChI is InChI=1S/C25H21NO6S/c1-30-20-12-6-9-17(13-21-24(28)26(25(29)33-21)14-22(27)31-2)23(20)32-15-18-10-5-8-16-7-3-4-11-19(16)18/h3-13H,14-15H2,1-2H3/b21-13-. The maximum Gasteiger partial charge on any atom is 0.325 e. The molecular formula is C25H21NO6S. The molecule has 1 saturated heterocycles. The number of hydrogen-bond donors (Lipinski definition) is 0. The van der Waals surface area contributed by atoms with E-state index in [2.05, 4.69) is 4.74 Å². The summed E-state index contributed by atoms with van der Waals surface area (Å²) in [5, 5.41) is 1.66. The second-order valence-electron chi connectivity index (χ2n) is 7.15. The number of amides is 2. The van der Waals surface area contributed by atoms with E-state index in [9.17, 15) is 14.4 Å². The van der Waals surface area contributed by atoms with E-state index in [0.717, 1.165) is 33.0 Å². The second-order valence-corrected chi connectivity index (χ2v) is 8.14. The zero-order valence-corrected chi connectivity index (χ0v) is 18.9. The van der Waals surface area contributed by atoms with E-state index >= 15 is 0 Å². The third-order valence-electron chi connectivity index (χ3n) is 5.16. The minimum absolute atomic E-state index is 0.187. The Labute approximate surface area is 194 Å². The van der Waals surface area contributed by atoms with Crippen molar-refractivity contribution in [3.8, 4) is 11.5 Å². The first-order valence-electron chi connectivity index (χ1n) is 10.1. The van der Waals surface area contributed by atoms with Crippen LogP contribution in [0.2, 0.25) is 0 Å². The predicted molar refractivity (Wildman–Crippen MR) is 126 cm³/mol. The molecule has 1 aliphatic rings. The first kappa shape index (κ1) is 22.4. The van der Waals surface area contributed by atoms with Crippen molar-refractivity contribution < 1.29 is 28.6 Å². The van der Waals surface area contributed by atoms with Crippen molar-refractivity contribution in [1.82, 2.24) is 4.90 Å². The Hall–Kier alpha value is -3.78. The first-order chi connectivity index (χ1) is 16.0. The van der Waals surface area contributed by atoms with Crippen LogP contribution < -0.4 is 9.47 Å². The molecule has 0 spiro atoms. The van der Waals surface area contributed by atoms with Gasteiger partial charge in [-0.3, -0.25) is 19.3 Å². The lowest BCUT2D eigenvalue weighted by Gasteiger charge is -2.15. The number of imide groups is 1. The van der Waals surface area contributed by atoms with Crippen LogP contribution in [0.3, 0.4) is 0 Å². The van der Waals surface area contributed by atoms with Gasteiger partial charge in [-0.2, -0.15) is 0 Å². The summed E-state index contributed by atoms with van der Waals surface area (Å²) in [7, 11) is 2.74. The number of carbonyl (C=O) groups is 3. The van der Waals surface area contributed by atoms with Gasteiger partial charge in [0, 0.05) is 5.56 Å². The van der Waals surface area contributed by atoms with Crippen molar-refractivity contribution in [2.75, 3.05) is 20.8 Å². The summed E-state index contributed by atoms with van der Waals surface area (Å²) in [6.07, 6.45) is 1.57. The Bertz CT molecular complexity index is 1260. The molecule has 168 valence electrons. The van der Waals surface area contributed by atoms with Crippen LogP contribution in [-0.2, 0) is 20.9 Å². The van der Waals surface area contributed by atoms with Gasteiger partial charge in [-0.1, -0.05) is 54.6 Å². The van der Waals surface area contributed by atoms with Crippen molar-refractivity contribution in [3.05, 3.63) is 76.7 Å². The fourth-order valence-electron chi connectivity index (χ4n) is 3.50. The number of hydrogen-bond acceptors (Lipinski definition) is 7. The Morgan fingerprint density at radius 1 is 1.00 bits per heavy atom. The van der Waals surface area contributed by atoms with Crippen molar-refractivity contribution >= 4 is 45.7 Å². The highest BCUT2D eigenvalue weighted by Gasteiger charge is 2.36. The highest BCUT2D eigenvalue weighted by Crippen LogP contribution is 2.38. The van der Waals surface area contributed by atoms with Gasteiger partial charge in [-0.25, -0.2) is 0 Å². The summed E-state index contributed by atoms with van der Waals surface area (Å²) in [4.78, 5) is 37.5. The lowest BCUT2D eigenvalue weighted by molar-refractivity contribution is -0.143. The molecule has 0 atom stereocenters. The molecule has 0 unspecified atom stereocenters. The van der Waals surface area contributed by atoms with Crippen LogP contribution in [0.15, 0.2) is 65.6 Å². The van der Waals surface area contributed by atoms with Gasteiger partial charge in [0.1, 0.15) is 13.2 Å². The van der Waals surface area contributed by atoms with Crippen LogP contribution >= 0.6 is 11.8 Å². The smallest absolute Gasteiger partial charge is 0.325 e. The molecule has 0 N–H and O–H groups in total. The van der Waals surface area contributed by atoms with E-state index in [4.69, 9.17) is 9.47 Å². The Morgan fingerprint density at radius 2 is 1.76 bits per heavy atom. The van der Waals surface area contributed by atoms with E-state index < -0.39 is 23.7 Å². The third kappa shape index (κ3) is 4.70. The molecule has 1 fully saturated rings. The molecule has 1 aliphatic heterocycles. The normalized spacial score (nSPS) is 14.7. The molecule has 7 nitrogen and oxygen atoms in total. The van der Waals surface area contributed by atoms with Gasteiger partial charge in [0.15, 0.2) is 11.5 Å². The molecule has 33 heavy (non-hydrogen) atoms. The fraction of sp³-hybridized carbons (Fsp3) is 0.160. The van der Waals surface area contributed by atoms with Crippen LogP contribution in [-0.4, -0.2) is 42.8 Å². The quantitative estimate of drug-likeness (QED) is 0.373. The number of methoxy groups -OCH3 is 2. The number of fused-ring (bicyclic) bond motifs is 1. The Morgan fingerprint density at radius 3 is 2.55 bits per heavy atom. The SMILES string of the molecule is COC(=O)CN1C(=O)S/C(=C\c2cccc(OC)c2OCc2cccc3ccccc23)C1=O. The molecule has 0 aliphatic carbocycles.